The zero-order chi connectivity index (χ0) is 15.1. The van der Waals surface area contributed by atoms with Gasteiger partial charge in [-0.05, 0) is 29.9 Å². The Hall–Kier alpha value is -0.910. The van der Waals surface area contributed by atoms with Crippen molar-refractivity contribution in [3.63, 3.8) is 0 Å². The second-order valence-electron chi connectivity index (χ2n) is 4.41. The highest BCUT2D eigenvalue weighted by atomic mass is 35.5. The quantitative estimate of drug-likeness (QED) is 0.502. The molecule has 0 aliphatic heterocycles. The molecule has 0 saturated heterocycles. The van der Waals surface area contributed by atoms with Crippen molar-refractivity contribution in [2.24, 2.45) is 21.9 Å². The van der Waals surface area contributed by atoms with Crippen LogP contribution in [0, 0.1) is 5.92 Å². The lowest BCUT2D eigenvalue weighted by Gasteiger charge is -2.12. The van der Waals surface area contributed by atoms with Crippen LogP contribution in [-0.2, 0) is 0 Å². The molecule has 0 aromatic heterocycles. The van der Waals surface area contributed by atoms with Gasteiger partial charge in [-0.3, -0.25) is 0 Å². The number of benzene rings is 1. The van der Waals surface area contributed by atoms with Gasteiger partial charge in [0, 0.05) is 0 Å². The Bertz CT molecular complexity index is 495. The summed E-state index contributed by atoms with van der Waals surface area (Å²) < 4.78 is 5.58. The van der Waals surface area contributed by atoms with E-state index in [1.54, 1.807) is 12.1 Å². The molecule has 0 amide bonds. The lowest BCUT2D eigenvalue weighted by molar-refractivity contribution is 0.271. The Morgan fingerprint density at radius 3 is 2.50 bits per heavy atom. The van der Waals surface area contributed by atoms with Crippen LogP contribution in [0.1, 0.15) is 19.4 Å². The molecule has 0 atom stereocenters. The molecule has 0 saturated carbocycles. The summed E-state index contributed by atoms with van der Waals surface area (Å²) in [5, 5.41) is 8.92. The number of hydrogen-bond donors (Lipinski definition) is 1. The average molecular weight is 334 g/mol. The lowest BCUT2D eigenvalue weighted by Crippen LogP contribution is -2.05. The van der Waals surface area contributed by atoms with Crippen molar-refractivity contribution in [1.82, 2.24) is 0 Å². The second-order valence-corrected chi connectivity index (χ2v) is 6.05. The molecule has 0 aliphatic carbocycles. The van der Waals surface area contributed by atoms with Crippen LogP contribution in [0.15, 0.2) is 22.3 Å². The molecule has 1 aromatic rings. The van der Waals surface area contributed by atoms with Crippen LogP contribution < -0.4 is 10.5 Å². The van der Waals surface area contributed by atoms with Crippen molar-refractivity contribution in [3.05, 3.63) is 27.7 Å². The summed E-state index contributed by atoms with van der Waals surface area (Å²) in [5.74, 6) is 0.888. The number of nitrogens with zero attached hydrogens (tertiary/aromatic N) is 2. The Morgan fingerprint density at radius 2 is 2.00 bits per heavy atom. The fraction of sp³-hybridized carbons (Fsp3) is 0.385. The fourth-order valence-electron chi connectivity index (χ4n) is 1.24. The van der Waals surface area contributed by atoms with Crippen LogP contribution in [0.25, 0.3) is 0 Å². The van der Waals surface area contributed by atoms with Crippen molar-refractivity contribution in [3.8, 4) is 5.75 Å². The fourth-order valence-corrected chi connectivity index (χ4v) is 1.98. The molecule has 7 heteroatoms. The number of halogens is 2. The van der Waals surface area contributed by atoms with Crippen molar-refractivity contribution in [2.75, 3.05) is 12.9 Å². The number of nitrogens with two attached hydrogens (primary N) is 1. The van der Waals surface area contributed by atoms with Crippen LogP contribution in [0.5, 0.6) is 5.75 Å². The third-order valence-corrected chi connectivity index (χ3v) is 3.22. The molecule has 2 N–H and O–H groups in total. The van der Waals surface area contributed by atoms with Gasteiger partial charge in [0.15, 0.2) is 10.9 Å². The average Bonchev–Trinajstić information content (AvgIpc) is 2.37. The zero-order valence-electron chi connectivity index (χ0n) is 11.6. The van der Waals surface area contributed by atoms with Crippen LogP contribution in [0.4, 0.5) is 0 Å². The van der Waals surface area contributed by atoms with E-state index in [1.165, 1.54) is 18.0 Å². The van der Waals surface area contributed by atoms with Gasteiger partial charge in [0.1, 0.15) is 0 Å². The Balaban J connectivity index is 2.87. The smallest absolute Gasteiger partial charge is 0.180 e. The molecule has 0 fully saturated rings. The maximum atomic E-state index is 6.15. The topological polar surface area (TPSA) is 60.0 Å². The number of rotatable bonds is 5. The van der Waals surface area contributed by atoms with Crippen LogP contribution in [-0.4, -0.2) is 24.2 Å². The van der Waals surface area contributed by atoms with E-state index < -0.39 is 0 Å². The largest absolute Gasteiger partial charge is 0.490 e. The standard InChI is InChI=1S/C13H17Cl2N3OS/c1-8(2)7-19-12-10(14)4-9(5-11(12)15)6-17-18-13(16)20-3/h4-6,8H,7H2,1-3H3,(H2,16,18)/b17-6-. The van der Waals surface area contributed by atoms with E-state index in [1.807, 2.05) is 6.26 Å². The molecule has 4 nitrogen and oxygen atoms in total. The first kappa shape index (κ1) is 17.1. The minimum atomic E-state index is 0.385. The van der Waals surface area contributed by atoms with Crippen LogP contribution in [0.2, 0.25) is 10.0 Å². The lowest BCUT2D eigenvalue weighted by atomic mass is 10.2. The van der Waals surface area contributed by atoms with Crippen molar-refractivity contribution in [2.45, 2.75) is 13.8 Å². The molecule has 1 aromatic carbocycles. The van der Waals surface area contributed by atoms with E-state index in [0.717, 1.165) is 5.56 Å². The summed E-state index contributed by atoms with van der Waals surface area (Å²) in [6.45, 7) is 4.66. The summed E-state index contributed by atoms with van der Waals surface area (Å²) in [7, 11) is 0. The monoisotopic (exact) mass is 333 g/mol. The van der Waals surface area contributed by atoms with Crippen molar-refractivity contribution in [1.29, 1.82) is 0 Å². The van der Waals surface area contributed by atoms with E-state index in [-0.39, 0.29) is 0 Å². The Labute approximate surface area is 133 Å². The summed E-state index contributed by atoms with van der Waals surface area (Å²) in [4.78, 5) is 0. The van der Waals surface area contributed by atoms with E-state index >= 15 is 0 Å². The highest BCUT2D eigenvalue weighted by molar-refractivity contribution is 8.13. The summed E-state index contributed by atoms with van der Waals surface area (Å²) in [5.41, 5.74) is 6.25. The van der Waals surface area contributed by atoms with Gasteiger partial charge in [0.05, 0.1) is 22.9 Å². The first-order valence-corrected chi connectivity index (χ1v) is 7.94. The minimum absolute atomic E-state index is 0.385. The maximum Gasteiger partial charge on any atom is 0.180 e. The zero-order valence-corrected chi connectivity index (χ0v) is 13.9. The molecule has 0 aliphatic rings. The highest BCUT2D eigenvalue weighted by Crippen LogP contribution is 2.34. The summed E-state index contributed by atoms with van der Waals surface area (Å²) >= 11 is 13.6. The number of hydrogen-bond acceptors (Lipinski definition) is 4. The van der Waals surface area contributed by atoms with E-state index in [9.17, 15) is 0 Å². The Kier molecular flexibility index (Phi) is 7.19. The predicted octanol–water partition coefficient (Wildman–Crippen LogP) is 4.04. The minimum Gasteiger partial charge on any atom is -0.490 e. The van der Waals surface area contributed by atoms with Crippen molar-refractivity contribution < 1.29 is 4.74 Å². The summed E-state index contributed by atoms with van der Waals surface area (Å²) in [6.07, 6.45) is 3.36. The first-order valence-electron chi connectivity index (χ1n) is 5.96. The molecular formula is C13H17Cl2N3OS. The molecule has 0 spiro atoms. The van der Waals surface area contributed by atoms with Gasteiger partial charge in [0.25, 0.3) is 0 Å². The molecule has 110 valence electrons. The van der Waals surface area contributed by atoms with Gasteiger partial charge in [0.2, 0.25) is 0 Å². The van der Waals surface area contributed by atoms with Crippen molar-refractivity contribution >= 4 is 46.3 Å². The molecule has 1 rings (SSSR count). The Morgan fingerprint density at radius 1 is 1.40 bits per heavy atom. The van der Waals surface area contributed by atoms with Gasteiger partial charge < -0.3 is 10.5 Å². The van der Waals surface area contributed by atoms with E-state index in [4.69, 9.17) is 33.7 Å². The summed E-state index contributed by atoms with van der Waals surface area (Å²) in [6, 6.07) is 3.44. The first-order chi connectivity index (χ1) is 9.43. The number of amidine groups is 1. The third kappa shape index (κ3) is 5.61. The third-order valence-electron chi connectivity index (χ3n) is 2.15. The van der Waals surface area contributed by atoms with Gasteiger partial charge in [-0.2, -0.15) is 5.10 Å². The molecule has 20 heavy (non-hydrogen) atoms. The van der Waals surface area contributed by atoms with Gasteiger partial charge in [-0.15, -0.1) is 5.10 Å². The molecule has 0 radical (unpaired) electrons. The van der Waals surface area contributed by atoms with Crippen LogP contribution in [0.3, 0.4) is 0 Å². The second kappa shape index (κ2) is 8.39. The highest BCUT2D eigenvalue weighted by Gasteiger charge is 2.09. The maximum absolute atomic E-state index is 6.15. The van der Waals surface area contributed by atoms with Gasteiger partial charge in [-0.1, -0.05) is 48.8 Å². The molecular weight excluding hydrogens is 317 g/mol. The number of ether oxygens (including phenoxy) is 1. The van der Waals surface area contributed by atoms with E-state index in [0.29, 0.717) is 33.5 Å². The normalized spacial score (nSPS) is 12.4. The molecule has 0 unspecified atom stereocenters. The van der Waals surface area contributed by atoms with Gasteiger partial charge in [-0.25, -0.2) is 0 Å². The molecule has 0 heterocycles. The molecule has 0 bridgehead atoms. The van der Waals surface area contributed by atoms with Crippen LogP contribution >= 0.6 is 35.0 Å². The van der Waals surface area contributed by atoms with E-state index in [2.05, 4.69) is 24.1 Å². The van der Waals surface area contributed by atoms with Gasteiger partial charge >= 0.3 is 0 Å². The predicted molar refractivity (Wildman–Crippen MR) is 89.5 cm³/mol. The number of thioether (sulfide) groups is 1. The SMILES string of the molecule is CS/C(N)=N/N=C\c1cc(Cl)c(OCC(C)C)c(Cl)c1.